The number of carbonyl (C=O) groups excluding carboxylic acids is 1. The van der Waals surface area contributed by atoms with E-state index in [1.165, 1.54) is 33.5 Å². The molecule has 0 saturated heterocycles. The number of hydrogen-bond acceptors (Lipinski definition) is 7. The molecule has 2 aromatic carbocycles. The summed E-state index contributed by atoms with van der Waals surface area (Å²) in [6.45, 7) is 4.14. The van der Waals surface area contributed by atoms with Crippen molar-refractivity contribution in [2.24, 2.45) is 0 Å². The van der Waals surface area contributed by atoms with Gasteiger partial charge in [-0.1, -0.05) is 36.9 Å². The first-order chi connectivity index (χ1) is 13.4. The number of ether oxygens (including phenoxy) is 3. The molecule has 0 aliphatic heterocycles. The fourth-order valence-corrected chi connectivity index (χ4v) is 2.76. The summed E-state index contributed by atoms with van der Waals surface area (Å²) in [6.07, 6.45) is 0. The number of hydrogen-bond donors (Lipinski definition) is 1. The van der Waals surface area contributed by atoms with Crippen molar-refractivity contribution >= 4 is 11.7 Å². The average Bonchev–Trinajstić information content (AvgIpc) is 2.73. The summed E-state index contributed by atoms with van der Waals surface area (Å²) in [5.41, 5.74) is 0.962. The van der Waals surface area contributed by atoms with Crippen LogP contribution in [0.1, 0.15) is 17.2 Å². The maximum Gasteiger partial charge on any atom is 0.335 e. The Balaban J connectivity index is 2.53. The molecule has 0 heterocycles. The SMILES string of the molecule is C=C(C(=O)OC)C(NCc1ccccc1)c1cc(OC)c(OC)cc1[N+](=O)[O-]. The molecule has 8 nitrogen and oxygen atoms in total. The molecule has 8 heteroatoms. The molecule has 2 rings (SSSR count). The Bertz CT molecular complexity index is 866. The van der Waals surface area contributed by atoms with Crippen LogP contribution in [-0.4, -0.2) is 32.2 Å². The second-order valence-corrected chi connectivity index (χ2v) is 5.84. The van der Waals surface area contributed by atoms with Gasteiger partial charge in [-0.2, -0.15) is 0 Å². The number of nitro groups is 1. The molecule has 0 saturated carbocycles. The topological polar surface area (TPSA) is 99.9 Å². The lowest BCUT2D eigenvalue weighted by molar-refractivity contribution is -0.385. The summed E-state index contributed by atoms with van der Waals surface area (Å²) < 4.78 is 15.2. The van der Waals surface area contributed by atoms with Crippen molar-refractivity contribution in [2.45, 2.75) is 12.6 Å². The maximum absolute atomic E-state index is 12.1. The van der Waals surface area contributed by atoms with Crippen molar-refractivity contribution in [1.29, 1.82) is 0 Å². The Morgan fingerprint density at radius 3 is 2.29 bits per heavy atom. The smallest absolute Gasteiger partial charge is 0.335 e. The van der Waals surface area contributed by atoms with E-state index in [0.29, 0.717) is 12.3 Å². The Hall–Kier alpha value is -3.39. The summed E-state index contributed by atoms with van der Waals surface area (Å²) >= 11 is 0. The number of esters is 1. The van der Waals surface area contributed by atoms with Crippen LogP contribution < -0.4 is 14.8 Å². The highest BCUT2D eigenvalue weighted by atomic mass is 16.6. The molecule has 0 aromatic heterocycles. The average molecular weight is 386 g/mol. The Morgan fingerprint density at radius 1 is 1.14 bits per heavy atom. The number of methoxy groups -OCH3 is 3. The maximum atomic E-state index is 12.1. The van der Waals surface area contributed by atoms with Gasteiger partial charge in [0.25, 0.3) is 5.69 Å². The van der Waals surface area contributed by atoms with Crippen molar-refractivity contribution in [2.75, 3.05) is 21.3 Å². The van der Waals surface area contributed by atoms with Gasteiger partial charge in [-0.05, 0) is 11.6 Å². The molecule has 28 heavy (non-hydrogen) atoms. The zero-order valence-corrected chi connectivity index (χ0v) is 15.9. The standard InChI is InChI=1S/C20H22N2O6/c1-13(20(23)28-4)19(21-12-14-8-6-5-7-9-14)15-10-17(26-2)18(27-3)11-16(15)22(24)25/h5-11,19,21H,1,12H2,2-4H3. The molecule has 0 fully saturated rings. The highest BCUT2D eigenvalue weighted by molar-refractivity contribution is 5.89. The third-order valence-corrected chi connectivity index (χ3v) is 4.19. The van der Waals surface area contributed by atoms with Gasteiger partial charge in [-0.3, -0.25) is 10.1 Å². The number of nitrogens with zero attached hydrogens (tertiary/aromatic N) is 1. The van der Waals surface area contributed by atoms with Crippen LogP contribution in [0.15, 0.2) is 54.6 Å². The first kappa shape index (κ1) is 20.9. The van der Waals surface area contributed by atoms with Gasteiger partial charge in [0.2, 0.25) is 0 Å². The molecule has 2 aromatic rings. The van der Waals surface area contributed by atoms with Crippen molar-refractivity contribution in [1.82, 2.24) is 5.32 Å². The second-order valence-electron chi connectivity index (χ2n) is 5.84. The number of nitro benzene ring substituents is 1. The van der Waals surface area contributed by atoms with E-state index in [4.69, 9.17) is 14.2 Å². The number of benzene rings is 2. The zero-order chi connectivity index (χ0) is 20.7. The summed E-state index contributed by atoms with van der Waals surface area (Å²) in [7, 11) is 4.04. The van der Waals surface area contributed by atoms with Crippen LogP contribution >= 0.6 is 0 Å². The van der Waals surface area contributed by atoms with Crippen molar-refractivity contribution in [3.05, 3.63) is 75.9 Å². The predicted molar refractivity (Wildman–Crippen MR) is 103 cm³/mol. The van der Waals surface area contributed by atoms with E-state index in [0.717, 1.165) is 5.56 Å². The van der Waals surface area contributed by atoms with Crippen LogP contribution in [0.5, 0.6) is 11.5 Å². The summed E-state index contributed by atoms with van der Waals surface area (Å²) in [5.74, 6) is -0.162. The lowest BCUT2D eigenvalue weighted by atomic mass is 9.97. The minimum Gasteiger partial charge on any atom is -0.493 e. The lowest BCUT2D eigenvalue weighted by Crippen LogP contribution is -2.27. The van der Waals surface area contributed by atoms with Gasteiger partial charge in [0.15, 0.2) is 11.5 Å². The molecule has 1 atom stereocenters. The van der Waals surface area contributed by atoms with E-state index in [1.54, 1.807) is 0 Å². The molecule has 0 spiro atoms. The van der Waals surface area contributed by atoms with Crippen LogP contribution in [-0.2, 0) is 16.1 Å². The van der Waals surface area contributed by atoms with Gasteiger partial charge in [-0.15, -0.1) is 0 Å². The van der Waals surface area contributed by atoms with Gasteiger partial charge < -0.3 is 19.5 Å². The van der Waals surface area contributed by atoms with E-state index in [9.17, 15) is 14.9 Å². The minimum absolute atomic E-state index is 0.0359. The molecule has 0 amide bonds. The quantitative estimate of drug-likeness (QED) is 0.306. The highest BCUT2D eigenvalue weighted by Gasteiger charge is 2.30. The van der Waals surface area contributed by atoms with Crippen LogP contribution in [0.2, 0.25) is 0 Å². The first-order valence-electron chi connectivity index (χ1n) is 8.37. The first-order valence-corrected chi connectivity index (χ1v) is 8.37. The van der Waals surface area contributed by atoms with Crippen molar-refractivity contribution in [3.63, 3.8) is 0 Å². The number of carbonyl (C=O) groups is 1. The summed E-state index contributed by atoms with van der Waals surface area (Å²) in [6, 6.07) is 11.3. The van der Waals surface area contributed by atoms with E-state index in [-0.39, 0.29) is 22.6 Å². The van der Waals surface area contributed by atoms with Gasteiger partial charge in [0.05, 0.1) is 49.5 Å². The van der Waals surface area contributed by atoms with Crippen LogP contribution in [0.25, 0.3) is 0 Å². The van der Waals surface area contributed by atoms with Gasteiger partial charge in [0.1, 0.15) is 0 Å². The fraction of sp³-hybridized carbons (Fsp3) is 0.250. The minimum atomic E-state index is -0.868. The molecular weight excluding hydrogens is 364 g/mol. The highest BCUT2D eigenvalue weighted by Crippen LogP contribution is 2.39. The van der Waals surface area contributed by atoms with Gasteiger partial charge in [0, 0.05) is 6.54 Å². The normalized spacial score (nSPS) is 11.4. The van der Waals surface area contributed by atoms with Gasteiger partial charge >= 0.3 is 5.97 Å². The van der Waals surface area contributed by atoms with E-state index in [2.05, 4.69) is 11.9 Å². The van der Waals surface area contributed by atoms with Crippen molar-refractivity contribution < 1.29 is 23.9 Å². The Kier molecular flexibility index (Phi) is 7.11. The fourth-order valence-electron chi connectivity index (χ4n) is 2.76. The lowest BCUT2D eigenvalue weighted by Gasteiger charge is -2.21. The summed E-state index contributed by atoms with van der Waals surface area (Å²) in [4.78, 5) is 23.2. The monoisotopic (exact) mass is 386 g/mol. The Labute approximate surface area is 162 Å². The number of nitrogens with one attached hydrogen (secondary N) is 1. The molecule has 148 valence electrons. The molecule has 0 bridgehead atoms. The summed E-state index contributed by atoms with van der Waals surface area (Å²) in [5, 5.41) is 14.8. The third kappa shape index (κ3) is 4.66. The van der Waals surface area contributed by atoms with Crippen molar-refractivity contribution in [3.8, 4) is 11.5 Å². The second kappa shape index (κ2) is 9.52. The predicted octanol–water partition coefficient (Wildman–Crippen LogP) is 3.17. The van der Waals surface area contributed by atoms with Crippen LogP contribution in [0.3, 0.4) is 0 Å². The van der Waals surface area contributed by atoms with Crippen LogP contribution in [0, 0.1) is 10.1 Å². The van der Waals surface area contributed by atoms with Crippen LogP contribution in [0.4, 0.5) is 5.69 Å². The number of rotatable bonds is 9. The molecule has 1 N–H and O–H groups in total. The molecule has 1 unspecified atom stereocenters. The molecule has 0 aliphatic rings. The van der Waals surface area contributed by atoms with E-state index >= 15 is 0 Å². The zero-order valence-electron chi connectivity index (χ0n) is 15.9. The van der Waals surface area contributed by atoms with Gasteiger partial charge in [-0.25, -0.2) is 4.79 Å². The third-order valence-electron chi connectivity index (χ3n) is 4.19. The largest absolute Gasteiger partial charge is 0.493 e. The van der Waals surface area contributed by atoms with E-state index < -0.39 is 16.9 Å². The Morgan fingerprint density at radius 2 is 1.75 bits per heavy atom. The van der Waals surface area contributed by atoms with E-state index in [1.807, 2.05) is 30.3 Å². The molecule has 0 radical (unpaired) electrons. The molecular formula is C20H22N2O6. The molecule has 0 aliphatic carbocycles.